The highest BCUT2D eigenvalue weighted by Crippen LogP contribution is 2.33. The van der Waals surface area contributed by atoms with E-state index in [0.29, 0.717) is 15.6 Å². The van der Waals surface area contributed by atoms with Crippen LogP contribution in [0.2, 0.25) is 0 Å². The molecule has 0 fully saturated rings. The van der Waals surface area contributed by atoms with E-state index in [4.69, 9.17) is 0 Å². The van der Waals surface area contributed by atoms with Crippen LogP contribution < -0.4 is 5.32 Å². The van der Waals surface area contributed by atoms with Gasteiger partial charge in [0.25, 0.3) is 0 Å². The summed E-state index contributed by atoms with van der Waals surface area (Å²) in [6.07, 6.45) is -4.37. The molecule has 2 aromatic rings. The van der Waals surface area contributed by atoms with Crippen LogP contribution in [0.1, 0.15) is 22.7 Å². The zero-order chi connectivity index (χ0) is 15.6. The lowest BCUT2D eigenvalue weighted by molar-refractivity contribution is -0.137. The normalized spacial score (nSPS) is 13.2. The van der Waals surface area contributed by atoms with E-state index in [-0.39, 0.29) is 0 Å². The third-order valence-corrected chi connectivity index (χ3v) is 3.99. The first-order chi connectivity index (χ1) is 9.84. The number of benzene rings is 2. The lowest BCUT2D eigenvalue weighted by atomic mass is 9.97. The molecule has 0 aliphatic heterocycles. The van der Waals surface area contributed by atoms with Crippen molar-refractivity contribution in [1.29, 1.82) is 0 Å². The minimum atomic E-state index is -4.37. The molecule has 6 heteroatoms. The highest BCUT2D eigenvalue weighted by atomic mass is 79.9. The molecule has 0 saturated carbocycles. The third-order valence-electron chi connectivity index (χ3n) is 3.15. The Balaban J connectivity index is 2.40. The van der Waals surface area contributed by atoms with Gasteiger partial charge in [-0.2, -0.15) is 13.2 Å². The van der Waals surface area contributed by atoms with Gasteiger partial charge in [-0.1, -0.05) is 24.3 Å². The van der Waals surface area contributed by atoms with Crippen molar-refractivity contribution in [2.24, 2.45) is 0 Å². The number of nitrogens with one attached hydrogen (secondary N) is 1. The number of halogens is 5. The number of hydrogen-bond donors (Lipinski definition) is 1. The lowest BCUT2D eigenvalue weighted by Gasteiger charge is -2.19. The largest absolute Gasteiger partial charge is 0.416 e. The summed E-state index contributed by atoms with van der Waals surface area (Å²) in [7, 11) is 1.67. The van der Waals surface area contributed by atoms with Crippen LogP contribution in [0, 0.1) is 5.82 Å². The molecule has 0 radical (unpaired) electrons. The molecule has 2 aromatic carbocycles. The molecule has 2 rings (SSSR count). The second-order valence-corrected chi connectivity index (χ2v) is 5.28. The SMILES string of the molecule is CNC(c1ccc(C(F)(F)F)cc1)c1cccc(F)c1Br. The minimum Gasteiger partial charge on any atom is -0.309 e. The van der Waals surface area contributed by atoms with Crippen LogP contribution in [0.25, 0.3) is 0 Å². The molecular weight excluding hydrogens is 350 g/mol. The van der Waals surface area contributed by atoms with E-state index in [1.165, 1.54) is 18.2 Å². The first-order valence-electron chi connectivity index (χ1n) is 6.13. The van der Waals surface area contributed by atoms with Gasteiger partial charge in [0, 0.05) is 0 Å². The van der Waals surface area contributed by atoms with Gasteiger partial charge in [0.1, 0.15) is 5.82 Å². The molecule has 0 aliphatic rings. The maximum absolute atomic E-state index is 13.6. The topological polar surface area (TPSA) is 12.0 Å². The number of rotatable bonds is 3. The summed E-state index contributed by atoms with van der Waals surface area (Å²) in [6.45, 7) is 0. The fourth-order valence-electron chi connectivity index (χ4n) is 2.11. The molecule has 112 valence electrons. The van der Waals surface area contributed by atoms with Gasteiger partial charge in [-0.25, -0.2) is 4.39 Å². The van der Waals surface area contributed by atoms with Gasteiger partial charge in [-0.15, -0.1) is 0 Å². The third kappa shape index (κ3) is 3.44. The Morgan fingerprint density at radius 3 is 2.19 bits per heavy atom. The molecule has 21 heavy (non-hydrogen) atoms. The van der Waals surface area contributed by atoms with Crippen LogP contribution in [0.4, 0.5) is 17.6 Å². The maximum atomic E-state index is 13.6. The van der Waals surface area contributed by atoms with Crippen LogP contribution in [0.3, 0.4) is 0 Å². The second kappa shape index (κ2) is 6.15. The first kappa shape index (κ1) is 16.0. The van der Waals surface area contributed by atoms with Crippen molar-refractivity contribution in [3.63, 3.8) is 0 Å². The average Bonchev–Trinajstić information content (AvgIpc) is 2.44. The molecule has 0 aliphatic carbocycles. The Morgan fingerprint density at radius 1 is 1.05 bits per heavy atom. The summed E-state index contributed by atoms with van der Waals surface area (Å²) in [6, 6.07) is 9.00. The molecule has 1 unspecified atom stereocenters. The minimum absolute atomic E-state index is 0.296. The van der Waals surface area contributed by atoms with E-state index in [1.54, 1.807) is 19.2 Å². The van der Waals surface area contributed by atoms with Crippen molar-refractivity contribution in [2.45, 2.75) is 12.2 Å². The van der Waals surface area contributed by atoms with E-state index in [1.807, 2.05) is 0 Å². The first-order valence-corrected chi connectivity index (χ1v) is 6.92. The summed E-state index contributed by atoms with van der Waals surface area (Å²) in [4.78, 5) is 0. The lowest BCUT2D eigenvalue weighted by Crippen LogP contribution is -2.18. The standard InChI is InChI=1S/C15H12BrF4N/c1-21-14(11-3-2-4-12(17)13(11)16)9-5-7-10(8-6-9)15(18,19)20/h2-8,14,21H,1H3. The van der Waals surface area contributed by atoms with Gasteiger partial charge >= 0.3 is 6.18 Å². The summed E-state index contributed by atoms with van der Waals surface area (Å²) < 4.78 is 51.6. The second-order valence-electron chi connectivity index (χ2n) is 4.48. The Labute approximate surface area is 128 Å². The van der Waals surface area contributed by atoms with E-state index in [2.05, 4.69) is 21.2 Å². The van der Waals surface area contributed by atoms with Crippen molar-refractivity contribution in [2.75, 3.05) is 7.05 Å². The highest BCUT2D eigenvalue weighted by molar-refractivity contribution is 9.10. The number of alkyl halides is 3. The van der Waals surface area contributed by atoms with Crippen LogP contribution in [0.15, 0.2) is 46.9 Å². The van der Waals surface area contributed by atoms with E-state index in [0.717, 1.165) is 12.1 Å². The molecular formula is C15H12BrF4N. The van der Waals surface area contributed by atoms with Crippen molar-refractivity contribution in [3.8, 4) is 0 Å². The Kier molecular flexibility index (Phi) is 4.68. The van der Waals surface area contributed by atoms with Gasteiger partial charge in [0.05, 0.1) is 16.1 Å². The molecule has 0 aromatic heterocycles. The van der Waals surface area contributed by atoms with Crippen LogP contribution in [-0.2, 0) is 6.18 Å². The predicted octanol–water partition coefficient (Wildman–Crippen LogP) is 4.92. The van der Waals surface area contributed by atoms with Gasteiger partial charge in [0.15, 0.2) is 0 Å². The van der Waals surface area contributed by atoms with Gasteiger partial charge < -0.3 is 5.32 Å². The maximum Gasteiger partial charge on any atom is 0.416 e. The van der Waals surface area contributed by atoms with Crippen molar-refractivity contribution >= 4 is 15.9 Å². The molecule has 0 saturated heterocycles. The molecule has 0 amide bonds. The van der Waals surface area contributed by atoms with Gasteiger partial charge in [-0.3, -0.25) is 0 Å². The van der Waals surface area contributed by atoms with Crippen LogP contribution >= 0.6 is 15.9 Å². The molecule has 0 heterocycles. The number of hydrogen-bond acceptors (Lipinski definition) is 1. The average molecular weight is 362 g/mol. The zero-order valence-electron chi connectivity index (χ0n) is 11.0. The summed E-state index contributed by atoms with van der Waals surface area (Å²) in [5, 5.41) is 2.98. The summed E-state index contributed by atoms with van der Waals surface area (Å²) >= 11 is 3.17. The Hall–Kier alpha value is -1.40. The van der Waals surface area contributed by atoms with Crippen molar-refractivity contribution < 1.29 is 17.6 Å². The van der Waals surface area contributed by atoms with Crippen LogP contribution in [-0.4, -0.2) is 7.05 Å². The quantitative estimate of drug-likeness (QED) is 0.765. The van der Waals surface area contributed by atoms with Crippen LogP contribution in [0.5, 0.6) is 0 Å². The fraction of sp³-hybridized carbons (Fsp3) is 0.200. The Bertz CT molecular complexity index is 623. The van der Waals surface area contributed by atoms with Gasteiger partial charge in [-0.05, 0) is 52.3 Å². The monoisotopic (exact) mass is 361 g/mol. The zero-order valence-corrected chi connectivity index (χ0v) is 12.6. The molecule has 0 bridgehead atoms. The summed E-state index contributed by atoms with van der Waals surface area (Å²) in [5.74, 6) is -0.417. The smallest absolute Gasteiger partial charge is 0.309 e. The van der Waals surface area contributed by atoms with Crippen molar-refractivity contribution in [1.82, 2.24) is 5.32 Å². The molecule has 1 atom stereocenters. The molecule has 1 nitrogen and oxygen atoms in total. The fourth-order valence-corrected chi connectivity index (χ4v) is 2.60. The highest BCUT2D eigenvalue weighted by Gasteiger charge is 2.30. The van der Waals surface area contributed by atoms with Gasteiger partial charge in [0.2, 0.25) is 0 Å². The summed E-state index contributed by atoms with van der Waals surface area (Å²) in [5.41, 5.74) is 0.536. The van der Waals surface area contributed by atoms with E-state index >= 15 is 0 Å². The molecule has 0 spiro atoms. The van der Waals surface area contributed by atoms with E-state index in [9.17, 15) is 17.6 Å². The predicted molar refractivity (Wildman–Crippen MR) is 76.4 cm³/mol. The molecule has 1 N–H and O–H groups in total. The van der Waals surface area contributed by atoms with Crippen molar-refractivity contribution in [3.05, 3.63) is 69.4 Å². The Morgan fingerprint density at radius 2 is 1.67 bits per heavy atom. The van der Waals surface area contributed by atoms with E-state index < -0.39 is 23.6 Å².